The van der Waals surface area contributed by atoms with E-state index in [-0.39, 0.29) is 19.1 Å². The van der Waals surface area contributed by atoms with Crippen molar-refractivity contribution < 1.29 is 9.90 Å². The van der Waals surface area contributed by atoms with Crippen molar-refractivity contribution in [3.8, 4) is 11.4 Å². The van der Waals surface area contributed by atoms with Crippen LogP contribution in [0, 0.1) is 0 Å². The molecule has 0 spiro atoms. The molecule has 1 heterocycles. The van der Waals surface area contributed by atoms with Gasteiger partial charge in [0.25, 0.3) is 0 Å². The van der Waals surface area contributed by atoms with Gasteiger partial charge in [0, 0.05) is 23.7 Å². The number of nitrogens with zero attached hydrogens (tertiary/aromatic N) is 5. The second-order valence-corrected chi connectivity index (χ2v) is 5.19. The van der Waals surface area contributed by atoms with E-state index in [1.54, 1.807) is 29.2 Å². The van der Waals surface area contributed by atoms with Crippen LogP contribution < -0.4 is 0 Å². The highest BCUT2D eigenvalue weighted by Crippen LogP contribution is 2.16. The minimum Gasteiger partial charge on any atom is -0.395 e. The molecule has 0 fully saturated rings. The topological polar surface area (TPSA) is 84.1 Å². The molecule has 0 radical (unpaired) electrons. The van der Waals surface area contributed by atoms with Crippen LogP contribution in [-0.4, -0.2) is 55.8 Å². The van der Waals surface area contributed by atoms with Crippen LogP contribution in [0.15, 0.2) is 24.3 Å². The molecular weight excluding hydrogens is 306 g/mol. The number of hydrogen-bond acceptors (Lipinski definition) is 5. The fourth-order valence-corrected chi connectivity index (χ4v) is 2.12. The fraction of sp³-hybridized carbons (Fsp3) is 0.429. The number of benzene rings is 1. The van der Waals surface area contributed by atoms with Crippen molar-refractivity contribution in [2.75, 3.05) is 19.7 Å². The Labute approximate surface area is 133 Å². The van der Waals surface area contributed by atoms with Gasteiger partial charge in [0.2, 0.25) is 11.7 Å². The molecule has 0 aliphatic rings. The molecule has 0 unspecified atom stereocenters. The van der Waals surface area contributed by atoms with Gasteiger partial charge in [-0.2, -0.15) is 4.80 Å². The number of halogens is 1. The summed E-state index contributed by atoms with van der Waals surface area (Å²) in [7, 11) is 0. The molecule has 1 aromatic heterocycles. The van der Waals surface area contributed by atoms with E-state index in [0.29, 0.717) is 23.9 Å². The van der Waals surface area contributed by atoms with Gasteiger partial charge in [-0.1, -0.05) is 18.5 Å². The van der Waals surface area contributed by atoms with Gasteiger partial charge in [0.05, 0.1) is 6.61 Å². The summed E-state index contributed by atoms with van der Waals surface area (Å²) >= 11 is 5.84. The summed E-state index contributed by atoms with van der Waals surface area (Å²) in [5.41, 5.74) is 0.781. The third-order valence-electron chi connectivity index (χ3n) is 3.05. The molecule has 0 atom stereocenters. The third kappa shape index (κ3) is 4.25. The Balaban J connectivity index is 2.05. The van der Waals surface area contributed by atoms with Gasteiger partial charge >= 0.3 is 0 Å². The number of hydrogen-bond donors (Lipinski definition) is 1. The van der Waals surface area contributed by atoms with Gasteiger partial charge in [0.1, 0.15) is 6.54 Å². The monoisotopic (exact) mass is 323 g/mol. The minimum atomic E-state index is -0.143. The standard InChI is InChI=1S/C14H18ClN5O2/c1-2-7-19(8-9-21)13(22)10-20-17-14(16-18-20)11-3-5-12(15)6-4-11/h3-6,21H,2,7-10H2,1H3. The average Bonchev–Trinajstić information content (AvgIpc) is 2.96. The summed E-state index contributed by atoms with van der Waals surface area (Å²) in [4.78, 5) is 15.0. The van der Waals surface area contributed by atoms with Crippen LogP contribution in [0.5, 0.6) is 0 Å². The highest BCUT2D eigenvalue weighted by Gasteiger charge is 2.15. The zero-order chi connectivity index (χ0) is 15.9. The molecule has 2 rings (SSSR count). The van der Waals surface area contributed by atoms with E-state index in [2.05, 4.69) is 15.4 Å². The Kier molecular flexibility index (Phi) is 5.85. The number of rotatable bonds is 7. The first kappa shape index (κ1) is 16.4. The summed E-state index contributed by atoms with van der Waals surface area (Å²) in [5.74, 6) is 0.296. The lowest BCUT2D eigenvalue weighted by Crippen LogP contribution is -2.37. The van der Waals surface area contributed by atoms with Crippen molar-refractivity contribution in [1.29, 1.82) is 0 Å². The molecule has 1 N–H and O–H groups in total. The number of carbonyl (C=O) groups is 1. The van der Waals surface area contributed by atoms with Gasteiger partial charge in [-0.05, 0) is 35.9 Å². The zero-order valence-electron chi connectivity index (χ0n) is 12.3. The third-order valence-corrected chi connectivity index (χ3v) is 3.30. The second-order valence-electron chi connectivity index (χ2n) is 4.75. The summed E-state index contributed by atoms with van der Waals surface area (Å²) in [6.45, 7) is 2.82. The van der Waals surface area contributed by atoms with E-state index >= 15 is 0 Å². The maximum atomic E-state index is 12.2. The van der Waals surface area contributed by atoms with E-state index in [4.69, 9.17) is 16.7 Å². The molecule has 1 amide bonds. The highest BCUT2D eigenvalue weighted by atomic mass is 35.5. The highest BCUT2D eigenvalue weighted by molar-refractivity contribution is 6.30. The molecule has 0 saturated heterocycles. The van der Waals surface area contributed by atoms with Gasteiger partial charge in [0.15, 0.2) is 0 Å². The molecule has 8 heteroatoms. The van der Waals surface area contributed by atoms with Crippen LogP contribution in [0.3, 0.4) is 0 Å². The van der Waals surface area contributed by atoms with Crippen molar-refractivity contribution >= 4 is 17.5 Å². The molecule has 22 heavy (non-hydrogen) atoms. The van der Waals surface area contributed by atoms with Crippen molar-refractivity contribution in [2.24, 2.45) is 0 Å². The molecule has 2 aromatic rings. The predicted octanol–water partition coefficient (Wildman–Crippen LogP) is 1.22. The number of aliphatic hydroxyl groups excluding tert-OH is 1. The van der Waals surface area contributed by atoms with Crippen molar-refractivity contribution in [1.82, 2.24) is 25.1 Å². The summed E-state index contributed by atoms with van der Waals surface area (Å²) < 4.78 is 0. The molecule has 0 saturated carbocycles. The first-order valence-electron chi connectivity index (χ1n) is 7.06. The fourth-order valence-electron chi connectivity index (χ4n) is 2.00. The lowest BCUT2D eigenvalue weighted by atomic mass is 10.2. The van der Waals surface area contributed by atoms with E-state index in [0.717, 1.165) is 12.0 Å². The lowest BCUT2D eigenvalue weighted by molar-refractivity contribution is -0.132. The van der Waals surface area contributed by atoms with Gasteiger partial charge < -0.3 is 10.0 Å². The lowest BCUT2D eigenvalue weighted by Gasteiger charge is -2.20. The summed E-state index contributed by atoms with van der Waals surface area (Å²) in [5, 5.41) is 21.7. The molecule has 7 nitrogen and oxygen atoms in total. The molecule has 0 aliphatic carbocycles. The second kappa shape index (κ2) is 7.86. The smallest absolute Gasteiger partial charge is 0.246 e. The Morgan fingerprint density at radius 3 is 2.68 bits per heavy atom. The average molecular weight is 324 g/mol. The molecule has 0 aliphatic heterocycles. The van der Waals surface area contributed by atoms with Crippen LogP contribution in [0.4, 0.5) is 0 Å². The number of aliphatic hydroxyl groups is 1. The minimum absolute atomic E-state index is 0.000585. The molecular formula is C14H18ClN5O2. The van der Waals surface area contributed by atoms with Gasteiger partial charge in [-0.3, -0.25) is 4.79 Å². The molecule has 1 aromatic carbocycles. The largest absolute Gasteiger partial charge is 0.395 e. The first-order valence-corrected chi connectivity index (χ1v) is 7.44. The summed E-state index contributed by atoms with van der Waals surface area (Å²) in [6.07, 6.45) is 0.826. The SMILES string of the molecule is CCCN(CCO)C(=O)Cn1nnc(-c2ccc(Cl)cc2)n1. The maximum Gasteiger partial charge on any atom is 0.246 e. The van der Waals surface area contributed by atoms with E-state index in [1.165, 1.54) is 4.80 Å². The Bertz CT molecular complexity index is 608. The maximum absolute atomic E-state index is 12.2. The summed E-state index contributed by atoms with van der Waals surface area (Å²) in [6, 6.07) is 7.07. The number of carbonyl (C=O) groups excluding carboxylic acids is 1. The Hall–Kier alpha value is -1.99. The predicted molar refractivity (Wildman–Crippen MR) is 82.2 cm³/mol. The molecule has 0 bridgehead atoms. The van der Waals surface area contributed by atoms with E-state index < -0.39 is 0 Å². The Morgan fingerprint density at radius 1 is 1.32 bits per heavy atom. The molecule has 118 valence electrons. The van der Waals surface area contributed by atoms with Gasteiger partial charge in [-0.25, -0.2) is 0 Å². The first-order chi connectivity index (χ1) is 10.6. The van der Waals surface area contributed by atoms with Crippen molar-refractivity contribution in [3.63, 3.8) is 0 Å². The zero-order valence-corrected chi connectivity index (χ0v) is 13.1. The van der Waals surface area contributed by atoms with Crippen LogP contribution in [0.1, 0.15) is 13.3 Å². The Morgan fingerprint density at radius 2 is 2.05 bits per heavy atom. The number of tetrazole rings is 1. The van der Waals surface area contributed by atoms with E-state index in [9.17, 15) is 4.79 Å². The quantitative estimate of drug-likeness (QED) is 0.828. The number of aromatic nitrogens is 4. The normalized spacial score (nSPS) is 10.7. The van der Waals surface area contributed by atoms with Gasteiger partial charge in [-0.15, -0.1) is 10.2 Å². The van der Waals surface area contributed by atoms with Crippen LogP contribution in [0.25, 0.3) is 11.4 Å². The van der Waals surface area contributed by atoms with E-state index in [1.807, 2.05) is 6.92 Å². The van der Waals surface area contributed by atoms with Crippen molar-refractivity contribution in [3.05, 3.63) is 29.3 Å². The number of amides is 1. The van der Waals surface area contributed by atoms with Crippen LogP contribution in [-0.2, 0) is 11.3 Å². The van der Waals surface area contributed by atoms with Crippen molar-refractivity contribution in [2.45, 2.75) is 19.9 Å². The van der Waals surface area contributed by atoms with Crippen LogP contribution in [0.2, 0.25) is 5.02 Å². The van der Waals surface area contributed by atoms with Crippen LogP contribution >= 0.6 is 11.6 Å².